The standard InChI is InChI=1S/C23H24ClN7O/c24-18-3-1-16(2-4-18)22-23(17-7-8-26-19(25)15-17)31-20(27-22)5-6-21(28-31)30-11-9-29(10-12-30)13-14-32/h1-8,15,32H,9-14H2,(H2,25,26). The number of aliphatic hydroxyl groups excluding tert-OH is 1. The van der Waals surface area contributed by atoms with Crippen LogP contribution in [0.4, 0.5) is 11.6 Å². The number of nitrogens with zero attached hydrogens (tertiary/aromatic N) is 6. The summed E-state index contributed by atoms with van der Waals surface area (Å²) < 4.78 is 1.88. The monoisotopic (exact) mass is 449 g/mol. The highest BCUT2D eigenvalue weighted by atomic mass is 35.5. The number of pyridine rings is 1. The van der Waals surface area contributed by atoms with E-state index in [1.54, 1.807) is 6.20 Å². The van der Waals surface area contributed by atoms with E-state index in [1.165, 1.54) is 0 Å². The van der Waals surface area contributed by atoms with Crippen molar-refractivity contribution in [2.24, 2.45) is 0 Å². The lowest BCUT2D eigenvalue weighted by atomic mass is 10.1. The first-order valence-electron chi connectivity index (χ1n) is 10.6. The Morgan fingerprint density at radius 3 is 2.47 bits per heavy atom. The van der Waals surface area contributed by atoms with Crippen LogP contribution in [0.2, 0.25) is 5.02 Å². The number of halogens is 1. The third-order valence-corrected chi connectivity index (χ3v) is 6.00. The third-order valence-electron chi connectivity index (χ3n) is 5.75. The maximum atomic E-state index is 9.19. The molecule has 3 aromatic heterocycles. The summed E-state index contributed by atoms with van der Waals surface area (Å²) >= 11 is 6.11. The largest absolute Gasteiger partial charge is 0.395 e. The van der Waals surface area contributed by atoms with Crippen LogP contribution in [-0.2, 0) is 0 Å². The van der Waals surface area contributed by atoms with Crippen LogP contribution < -0.4 is 10.6 Å². The van der Waals surface area contributed by atoms with Gasteiger partial charge in [-0.1, -0.05) is 23.7 Å². The maximum absolute atomic E-state index is 9.19. The summed E-state index contributed by atoms with van der Waals surface area (Å²) in [5.41, 5.74) is 10.3. The zero-order valence-corrected chi connectivity index (χ0v) is 18.3. The molecule has 1 fully saturated rings. The number of benzene rings is 1. The minimum Gasteiger partial charge on any atom is -0.395 e. The van der Waals surface area contributed by atoms with Gasteiger partial charge in [-0.2, -0.15) is 0 Å². The molecule has 0 saturated carbocycles. The number of fused-ring (bicyclic) bond motifs is 1. The van der Waals surface area contributed by atoms with Crippen molar-refractivity contribution in [1.82, 2.24) is 24.5 Å². The first-order valence-corrected chi connectivity index (χ1v) is 11.0. The fourth-order valence-corrected chi connectivity index (χ4v) is 4.22. The summed E-state index contributed by atoms with van der Waals surface area (Å²) in [4.78, 5) is 13.5. The van der Waals surface area contributed by atoms with Crippen LogP contribution in [0, 0.1) is 0 Å². The third kappa shape index (κ3) is 4.00. The van der Waals surface area contributed by atoms with E-state index in [0.717, 1.165) is 60.2 Å². The average molecular weight is 450 g/mol. The van der Waals surface area contributed by atoms with E-state index >= 15 is 0 Å². The van der Waals surface area contributed by atoms with Gasteiger partial charge in [0.1, 0.15) is 17.3 Å². The van der Waals surface area contributed by atoms with Gasteiger partial charge in [0.2, 0.25) is 0 Å². The number of aromatic nitrogens is 4. The van der Waals surface area contributed by atoms with Gasteiger partial charge in [0.05, 0.1) is 12.3 Å². The van der Waals surface area contributed by atoms with Gasteiger partial charge < -0.3 is 15.7 Å². The fraction of sp³-hybridized carbons (Fsp3) is 0.261. The average Bonchev–Trinajstić information content (AvgIpc) is 3.19. The summed E-state index contributed by atoms with van der Waals surface area (Å²) in [6.07, 6.45) is 1.69. The first-order chi connectivity index (χ1) is 15.6. The van der Waals surface area contributed by atoms with E-state index in [0.29, 0.717) is 17.4 Å². The zero-order chi connectivity index (χ0) is 22.1. The predicted molar refractivity (Wildman–Crippen MR) is 127 cm³/mol. The minimum absolute atomic E-state index is 0.186. The molecule has 0 unspecified atom stereocenters. The minimum atomic E-state index is 0.186. The Bertz CT molecular complexity index is 1230. The number of β-amino-alcohol motifs (C(OH)–C–C–N with tert-alkyl or cyclic N) is 1. The second kappa shape index (κ2) is 8.74. The van der Waals surface area contributed by atoms with Crippen molar-refractivity contribution in [3.05, 3.63) is 59.8 Å². The highest BCUT2D eigenvalue weighted by molar-refractivity contribution is 6.30. The molecule has 3 N–H and O–H groups in total. The molecular weight excluding hydrogens is 426 g/mol. The van der Waals surface area contributed by atoms with Crippen LogP contribution in [0.15, 0.2) is 54.7 Å². The van der Waals surface area contributed by atoms with Gasteiger partial charge in [0.15, 0.2) is 5.65 Å². The van der Waals surface area contributed by atoms with Crippen molar-refractivity contribution in [1.29, 1.82) is 0 Å². The number of piperazine rings is 1. The second-order valence-electron chi connectivity index (χ2n) is 7.80. The van der Waals surface area contributed by atoms with Gasteiger partial charge in [-0.3, -0.25) is 4.90 Å². The highest BCUT2D eigenvalue weighted by Crippen LogP contribution is 2.34. The molecule has 0 spiro atoms. The number of hydrogen-bond donors (Lipinski definition) is 2. The number of imidazole rings is 1. The lowest BCUT2D eigenvalue weighted by molar-refractivity contribution is 0.188. The van der Waals surface area contributed by atoms with E-state index in [-0.39, 0.29) is 6.61 Å². The van der Waals surface area contributed by atoms with Gasteiger partial charge in [-0.05, 0) is 36.4 Å². The fourth-order valence-electron chi connectivity index (χ4n) is 4.10. The zero-order valence-electron chi connectivity index (χ0n) is 17.5. The number of hydrogen-bond acceptors (Lipinski definition) is 7. The molecule has 1 aliphatic rings. The predicted octanol–water partition coefficient (Wildman–Crippen LogP) is 2.81. The second-order valence-corrected chi connectivity index (χ2v) is 8.24. The van der Waals surface area contributed by atoms with Crippen LogP contribution >= 0.6 is 11.6 Å². The Balaban J connectivity index is 1.60. The Kier molecular flexibility index (Phi) is 5.65. The highest BCUT2D eigenvalue weighted by Gasteiger charge is 2.21. The Morgan fingerprint density at radius 1 is 0.969 bits per heavy atom. The molecule has 32 heavy (non-hydrogen) atoms. The molecular formula is C23H24ClN7O. The van der Waals surface area contributed by atoms with Crippen LogP contribution in [0.3, 0.4) is 0 Å². The van der Waals surface area contributed by atoms with Crippen LogP contribution in [0.25, 0.3) is 28.2 Å². The van der Waals surface area contributed by atoms with Crippen molar-refractivity contribution in [2.45, 2.75) is 0 Å². The molecule has 1 aromatic carbocycles. The van der Waals surface area contributed by atoms with Crippen LogP contribution in [0.5, 0.6) is 0 Å². The van der Waals surface area contributed by atoms with E-state index < -0.39 is 0 Å². The van der Waals surface area contributed by atoms with E-state index in [9.17, 15) is 5.11 Å². The van der Waals surface area contributed by atoms with E-state index in [4.69, 9.17) is 27.4 Å². The lowest BCUT2D eigenvalue weighted by Gasteiger charge is -2.34. The molecule has 4 heterocycles. The molecule has 9 heteroatoms. The molecule has 0 aliphatic carbocycles. The molecule has 164 valence electrons. The summed E-state index contributed by atoms with van der Waals surface area (Å²) in [6, 6.07) is 15.4. The normalized spacial score (nSPS) is 14.9. The van der Waals surface area contributed by atoms with Crippen LogP contribution in [-0.4, -0.2) is 68.9 Å². The van der Waals surface area contributed by atoms with Gasteiger partial charge >= 0.3 is 0 Å². The van der Waals surface area contributed by atoms with E-state index in [2.05, 4.69) is 14.8 Å². The molecule has 1 aliphatic heterocycles. The van der Waals surface area contributed by atoms with Crippen molar-refractivity contribution >= 4 is 28.9 Å². The summed E-state index contributed by atoms with van der Waals surface area (Å²) in [5.74, 6) is 1.33. The summed E-state index contributed by atoms with van der Waals surface area (Å²) in [6.45, 7) is 4.40. The number of aliphatic hydroxyl groups is 1. The van der Waals surface area contributed by atoms with Crippen molar-refractivity contribution in [2.75, 3.05) is 50.0 Å². The molecule has 8 nitrogen and oxygen atoms in total. The summed E-state index contributed by atoms with van der Waals surface area (Å²) in [7, 11) is 0. The SMILES string of the molecule is Nc1cc(-c2c(-c3ccc(Cl)cc3)nc3ccc(N4CCN(CCO)CC4)nn23)ccn1. The maximum Gasteiger partial charge on any atom is 0.155 e. The van der Waals surface area contributed by atoms with Gasteiger partial charge in [-0.25, -0.2) is 14.5 Å². The first kappa shape index (κ1) is 20.7. The van der Waals surface area contributed by atoms with E-state index in [1.807, 2.05) is 53.0 Å². The number of anilines is 2. The Morgan fingerprint density at radius 2 is 1.75 bits per heavy atom. The topological polar surface area (TPSA) is 95.8 Å². The molecule has 0 bridgehead atoms. The lowest BCUT2D eigenvalue weighted by Crippen LogP contribution is -2.47. The number of nitrogen functional groups attached to an aromatic ring is 1. The Labute approximate surface area is 190 Å². The molecule has 1 saturated heterocycles. The van der Waals surface area contributed by atoms with Crippen molar-refractivity contribution < 1.29 is 5.11 Å². The molecule has 0 radical (unpaired) electrons. The Hall–Kier alpha value is -3.20. The quantitative estimate of drug-likeness (QED) is 0.483. The van der Waals surface area contributed by atoms with Gasteiger partial charge in [0, 0.05) is 55.1 Å². The number of rotatable bonds is 5. The summed E-state index contributed by atoms with van der Waals surface area (Å²) in [5, 5.41) is 14.8. The van der Waals surface area contributed by atoms with Crippen molar-refractivity contribution in [3.8, 4) is 22.5 Å². The van der Waals surface area contributed by atoms with Gasteiger partial charge in [-0.15, -0.1) is 5.10 Å². The number of nitrogens with two attached hydrogens (primary N) is 1. The molecule has 5 rings (SSSR count). The van der Waals surface area contributed by atoms with Gasteiger partial charge in [0.25, 0.3) is 0 Å². The molecule has 4 aromatic rings. The van der Waals surface area contributed by atoms with Crippen molar-refractivity contribution in [3.63, 3.8) is 0 Å². The molecule has 0 amide bonds. The molecule has 0 atom stereocenters. The smallest absolute Gasteiger partial charge is 0.155 e. The van der Waals surface area contributed by atoms with Crippen LogP contribution in [0.1, 0.15) is 0 Å².